The number of rotatable bonds is 7. The Morgan fingerprint density at radius 2 is 2.21 bits per heavy atom. The van der Waals surface area contributed by atoms with Gasteiger partial charge in [-0.05, 0) is 37.1 Å². The Labute approximate surface area is 90.8 Å². The summed E-state index contributed by atoms with van der Waals surface area (Å²) in [6.45, 7) is 2.12. The molecule has 0 saturated carbocycles. The lowest BCUT2D eigenvalue weighted by molar-refractivity contribution is 0.150. The average molecular weight is 212 g/mol. The Morgan fingerprint density at radius 1 is 1.36 bits per heavy atom. The molecule has 0 amide bonds. The van der Waals surface area contributed by atoms with Crippen LogP contribution in [0, 0.1) is 0 Å². The maximum Gasteiger partial charge on any atom is 0.0540 e. The van der Waals surface area contributed by atoms with E-state index < -0.39 is 0 Å². The molecule has 0 aromatic carbocycles. The molecule has 1 heterocycles. The van der Waals surface area contributed by atoms with Crippen LogP contribution in [-0.4, -0.2) is 11.2 Å². The minimum atomic E-state index is -0.0664. The summed E-state index contributed by atoms with van der Waals surface area (Å²) in [5, 5.41) is 11.6. The number of aryl methyl sites for hydroxylation is 1. The van der Waals surface area contributed by atoms with E-state index in [1.165, 1.54) is 17.7 Å². The predicted molar refractivity (Wildman–Crippen MR) is 62.8 cm³/mol. The Kier molecular flexibility index (Phi) is 5.88. The number of hydrogen-bond donors (Lipinski definition) is 1. The molecule has 0 aliphatic carbocycles. The lowest BCUT2D eigenvalue weighted by Crippen LogP contribution is -2.05. The van der Waals surface area contributed by atoms with Crippen molar-refractivity contribution in [3.05, 3.63) is 22.4 Å². The van der Waals surface area contributed by atoms with E-state index >= 15 is 0 Å². The first-order valence-electron chi connectivity index (χ1n) is 5.53. The number of unbranched alkanes of at least 4 members (excludes halogenated alkanes) is 1. The third-order valence-corrected chi connectivity index (χ3v) is 3.35. The summed E-state index contributed by atoms with van der Waals surface area (Å²) in [7, 11) is 0. The second-order valence-corrected chi connectivity index (χ2v) is 4.80. The lowest BCUT2D eigenvalue weighted by Gasteiger charge is -2.07. The molecule has 0 aliphatic heterocycles. The van der Waals surface area contributed by atoms with Crippen molar-refractivity contribution in [2.45, 2.75) is 51.6 Å². The van der Waals surface area contributed by atoms with Gasteiger partial charge >= 0.3 is 0 Å². The van der Waals surface area contributed by atoms with Gasteiger partial charge in [0.1, 0.15) is 0 Å². The van der Waals surface area contributed by atoms with Crippen LogP contribution in [0.15, 0.2) is 17.5 Å². The fourth-order valence-corrected chi connectivity index (χ4v) is 2.36. The number of thiophene rings is 1. The Bertz CT molecular complexity index is 218. The van der Waals surface area contributed by atoms with E-state index in [1.807, 2.05) is 11.3 Å². The third kappa shape index (κ3) is 4.77. The summed E-state index contributed by atoms with van der Waals surface area (Å²) >= 11 is 1.83. The lowest BCUT2D eigenvalue weighted by atomic mass is 10.1. The van der Waals surface area contributed by atoms with Crippen LogP contribution in [0.25, 0.3) is 0 Å². The van der Waals surface area contributed by atoms with E-state index in [1.54, 1.807) is 0 Å². The fourth-order valence-electron chi connectivity index (χ4n) is 1.61. The van der Waals surface area contributed by atoms with E-state index in [0.717, 1.165) is 25.7 Å². The molecule has 0 bridgehead atoms. The standard InChI is InChI=1S/C12H20OS/c1-2-6-11(13)7-3-4-8-12-9-5-10-14-12/h5,9-11,13H,2-4,6-8H2,1H3. The summed E-state index contributed by atoms with van der Waals surface area (Å²) in [5.41, 5.74) is 0. The molecule has 0 saturated heterocycles. The zero-order valence-corrected chi connectivity index (χ0v) is 9.72. The normalized spacial score (nSPS) is 13.0. The molecule has 2 heteroatoms. The van der Waals surface area contributed by atoms with Crippen molar-refractivity contribution in [2.24, 2.45) is 0 Å². The second kappa shape index (κ2) is 7.02. The maximum atomic E-state index is 9.51. The van der Waals surface area contributed by atoms with Gasteiger partial charge < -0.3 is 5.11 Å². The van der Waals surface area contributed by atoms with Gasteiger partial charge in [0.25, 0.3) is 0 Å². The minimum absolute atomic E-state index is 0.0664. The SMILES string of the molecule is CCCC(O)CCCCc1cccs1. The van der Waals surface area contributed by atoms with Crippen molar-refractivity contribution in [1.29, 1.82) is 0 Å². The molecule has 14 heavy (non-hydrogen) atoms. The summed E-state index contributed by atoms with van der Waals surface area (Å²) in [5.74, 6) is 0. The maximum absolute atomic E-state index is 9.51. The van der Waals surface area contributed by atoms with Crippen molar-refractivity contribution < 1.29 is 5.11 Å². The van der Waals surface area contributed by atoms with Crippen molar-refractivity contribution in [3.63, 3.8) is 0 Å². The largest absolute Gasteiger partial charge is 0.393 e. The highest BCUT2D eigenvalue weighted by atomic mass is 32.1. The van der Waals surface area contributed by atoms with Crippen molar-refractivity contribution in [3.8, 4) is 0 Å². The van der Waals surface area contributed by atoms with Crippen molar-refractivity contribution >= 4 is 11.3 Å². The Balaban J connectivity index is 1.99. The second-order valence-electron chi connectivity index (χ2n) is 3.77. The molecule has 1 aromatic rings. The van der Waals surface area contributed by atoms with E-state index in [4.69, 9.17) is 0 Å². The minimum Gasteiger partial charge on any atom is -0.393 e. The van der Waals surface area contributed by atoms with Gasteiger partial charge in [-0.3, -0.25) is 0 Å². The van der Waals surface area contributed by atoms with E-state index in [2.05, 4.69) is 24.4 Å². The van der Waals surface area contributed by atoms with E-state index in [9.17, 15) is 5.11 Å². The first kappa shape index (κ1) is 11.7. The highest BCUT2D eigenvalue weighted by molar-refractivity contribution is 7.09. The quantitative estimate of drug-likeness (QED) is 0.684. The number of aliphatic hydroxyl groups is 1. The number of hydrogen-bond acceptors (Lipinski definition) is 2. The van der Waals surface area contributed by atoms with Gasteiger partial charge in [-0.15, -0.1) is 11.3 Å². The van der Waals surface area contributed by atoms with Gasteiger partial charge in [0, 0.05) is 4.88 Å². The van der Waals surface area contributed by atoms with Crippen LogP contribution in [0.3, 0.4) is 0 Å². The molecule has 0 fully saturated rings. The monoisotopic (exact) mass is 212 g/mol. The molecule has 80 valence electrons. The summed E-state index contributed by atoms with van der Waals surface area (Å²) in [6, 6.07) is 4.29. The van der Waals surface area contributed by atoms with Gasteiger partial charge in [0.15, 0.2) is 0 Å². The molecule has 1 rings (SSSR count). The summed E-state index contributed by atoms with van der Waals surface area (Å²) < 4.78 is 0. The van der Waals surface area contributed by atoms with Crippen LogP contribution in [-0.2, 0) is 6.42 Å². The van der Waals surface area contributed by atoms with Crippen LogP contribution < -0.4 is 0 Å². The van der Waals surface area contributed by atoms with Crippen molar-refractivity contribution in [2.75, 3.05) is 0 Å². The molecule has 1 nitrogen and oxygen atoms in total. The molecule has 1 N–H and O–H groups in total. The molecular weight excluding hydrogens is 192 g/mol. The van der Waals surface area contributed by atoms with Crippen molar-refractivity contribution in [1.82, 2.24) is 0 Å². The van der Waals surface area contributed by atoms with Gasteiger partial charge in [0.05, 0.1) is 6.10 Å². The summed E-state index contributed by atoms with van der Waals surface area (Å²) in [6.07, 6.45) is 6.49. The summed E-state index contributed by atoms with van der Waals surface area (Å²) in [4.78, 5) is 1.47. The Morgan fingerprint density at radius 3 is 2.86 bits per heavy atom. The molecular formula is C12H20OS. The molecule has 0 aliphatic rings. The van der Waals surface area contributed by atoms with Gasteiger partial charge in [-0.1, -0.05) is 25.8 Å². The average Bonchev–Trinajstić information content (AvgIpc) is 2.65. The third-order valence-electron chi connectivity index (χ3n) is 2.41. The fraction of sp³-hybridized carbons (Fsp3) is 0.667. The van der Waals surface area contributed by atoms with Crippen LogP contribution in [0.2, 0.25) is 0 Å². The van der Waals surface area contributed by atoms with Gasteiger partial charge in [-0.2, -0.15) is 0 Å². The molecule has 1 unspecified atom stereocenters. The van der Waals surface area contributed by atoms with Crippen LogP contribution >= 0.6 is 11.3 Å². The highest BCUT2D eigenvalue weighted by Gasteiger charge is 2.02. The first-order chi connectivity index (χ1) is 6.83. The van der Waals surface area contributed by atoms with Gasteiger partial charge in [-0.25, -0.2) is 0 Å². The predicted octanol–water partition coefficient (Wildman–Crippen LogP) is 3.62. The zero-order chi connectivity index (χ0) is 10.2. The van der Waals surface area contributed by atoms with Gasteiger partial charge in [0.2, 0.25) is 0 Å². The number of aliphatic hydroxyl groups excluding tert-OH is 1. The van der Waals surface area contributed by atoms with Crippen LogP contribution in [0.5, 0.6) is 0 Å². The highest BCUT2D eigenvalue weighted by Crippen LogP contribution is 2.14. The Hall–Kier alpha value is -0.340. The van der Waals surface area contributed by atoms with Crippen LogP contribution in [0.1, 0.15) is 43.9 Å². The topological polar surface area (TPSA) is 20.2 Å². The van der Waals surface area contributed by atoms with Crippen LogP contribution in [0.4, 0.5) is 0 Å². The van der Waals surface area contributed by atoms with E-state index in [-0.39, 0.29) is 6.10 Å². The molecule has 0 radical (unpaired) electrons. The van der Waals surface area contributed by atoms with E-state index in [0.29, 0.717) is 0 Å². The molecule has 0 spiro atoms. The molecule has 1 atom stereocenters. The zero-order valence-electron chi connectivity index (χ0n) is 8.91. The smallest absolute Gasteiger partial charge is 0.0540 e. The molecule has 1 aromatic heterocycles. The first-order valence-corrected chi connectivity index (χ1v) is 6.41.